The lowest BCUT2D eigenvalue weighted by molar-refractivity contribution is -0.124. The van der Waals surface area contributed by atoms with E-state index in [0.29, 0.717) is 35.4 Å². The Bertz CT molecular complexity index is 1890. The summed E-state index contributed by atoms with van der Waals surface area (Å²) in [7, 11) is 0. The van der Waals surface area contributed by atoms with E-state index in [1.807, 2.05) is 0 Å². The second-order valence-corrected chi connectivity index (χ2v) is 10.5. The molecule has 1 spiro atoms. The molecule has 3 aromatic carbocycles. The monoisotopic (exact) mass is 558 g/mol. The van der Waals surface area contributed by atoms with Crippen molar-refractivity contribution in [3.63, 3.8) is 0 Å². The molecule has 4 aromatic rings. The van der Waals surface area contributed by atoms with Crippen LogP contribution in [0.2, 0.25) is 0 Å². The number of nitriles is 1. The smallest absolute Gasteiger partial charge is 0.248 e. The van der Waals surface area contributed by atoms with Crippen molar-refractivity contribution in [2.24, 2.45) is 0 Å². The molecule has 1 aliphatic carbocycles. The quantitative estimate of drug-likeness (QED) is 0.288. The van der Waals surface area contributed by atoms with Crippen molar-refractivity contribution in [2.75, 3.05) is 9.80 Å². The minimum absolute atomic E-state index is 0.00411. The molecule has 3 aliphatic rings. The SMILES string of the molecule is N#CC1=C(n2cccc2)N(c2ccccc2F)C2=C(C(=O)CCC2)C12C(=O)N(Cc1ccccc1F)c1ccccc12. The normalized spacial score (nSPS) is 19.8. The van der Waals surface area contributed by atoms with Gasteiger partial charge in [0.05, 0.1) is 17.8 Å². The summed E-state index contributed by atoms with van der Waals surface area (Å²) in [6.45, 7) is -0.0876. The number of benzene rings is 3. The van der Waals surface area contributed by atoms with Gasteiger partial charge < -0.3 is 9.47 Å². The van der Waals surface area contributed by atoms with Crippen LogP contribution in [-0.4, -0.2) is 16.3 Å². The second kappa shape index (κ2) is 9.67. The van der Waals surface area contributed by atoms with Gasteiger partial charge in [-0.25, -0.2) is 8.78 Å². The van der Waals surface area contributed by atoms with Crippen molar-refractivity contribution < 1.29 is 18.4 Å². The zero-order valence-corrected chi connectivity index (χ0v) is 22.4. The fourth-order valence-corrected chi connectivity index (χ4v) is 6.65. The van der Waals surface area contributed by atoms with Crippen LogP contribution in [0.15, 0.2) is 114 Å². The summed E-state index contributed by atoms with van der Waals surface area (Å²) in [5, 5.41) is 11.0. The Morgan fingerprint density at radius 1 is 0.810 bits per heavy atom. The molecule has 1 aromatic heterocycles. The first-order valence-electron chi connectivity index (χ1n) is 13.7. The van der Waals surface area contributed by atoms with Crippen LogP contribution in [-0.2, 0) is 21.5 Å². The number of fused-ring (bicyclic) bond motifs is 3. The molecule has 3 heterocycles. The first-order valence-corrected chi connectivity index (χ1v) is 13.7. The fraction of sp³-hybridized carbons (Fsp3) is 0.147. The van der Waals surface area contributed by atoms with E-state index >= 15 is 4.39 Å². The van der Waals surface area contributed by atoms with Gasteiger partial charge in [0.15, 0.2) is 5.78 Å². The number of allylic oxidation sites excluding steroid dienone is 1. The summed E-state index contributed by atoms with van der Waals surface area (Å²) in [6.07, 6.45) is 4.55. The zero-order chi connectivity index (χ0) is 29.0. The lowest BCUT2D eigenvalue weighted by atomic mass is 9.63. The molecule has 0 radical (unpaired) electrons. The third kappa shape index (κ3) is 3.46. The lowest BCUT2D eigenvalue weighted by Crippen LogP contribution is -2.51. The molecule has 6 nitrogen and oxygen atoms in total. The number of amides is 1. The Kier molecular flexibility index (Phi) is 5.91. The topological polar surface area (TPSA) is 69.3 Å². The molecule has 1 atom stereocenters. The lowest BCUT2D eigenvalue weighted by Gasteiger charge is -2.45. The van der Waals surface area contributed by atoms with Gasteiger partial charge in [0.1, 0.15) is 28.9 Å². The van der Waals surface area contributed by atoms with Gasteiger partial charge in [0.2, 0.25) is 5.91 Å². The van der Waals surface area contributed by atoms with Gasteiger partial charge in [-0.3, -0.25) is 14.5 Å². The van der Waals surface area contributed by atoms with E-state index in [1.54, 1.807) is 94.7 Å². The van der Waals surface area contributed by atoms with Gasteiger partial charge >= 0.3 is 0 Å². The minimum atomic E-state index is -1.79. The number of hydrogen-bond donors (Lipinski definition) is 0. The van der Waals surface area contributed by atoms with Crippen LogP contribution in [0.1, 0.15) is 30.4 Å². The van der Waals surface area contributed by atoms with Crippen LogP contribution in [0, 0.1) is 23.0 Å². The minimum Gasteiger partial charge on any atom is -0.309 e. The summed E-state index contributed by atoms with van der Waals surface area (Å²) in [5.74, 6) is -1.50. The van der Waals surface area contributed by atoms with E-state index in [0.717, 1.165) is 0 Å². The number of rotatable bonds is 4. The van der Waals surface area contributed by atoms with Crippen LogP contribution in [0.4, 0.5) is 20.2 Å². The number of carbonyl (C=O) groups excluding carboxylic acids is 2. The maximum absolute atomic E-state index is 15.5. The third-order valence-corrected chi connectivity index (χ3v) is 8.35. The molecule has 0 saturated heterocycles. The van der Waals surface area contributed by atoms with Crippen molar-refractivity contribution in [3.05, 3.63) is 137 Å². The van der Waals surface area contributed by atoms with Crippen molar-refractivity contribution >= 4 is 28.9 Å². The molecular formula is C34H24F2N4O2. The van der Waals surface area contributed by atoms with E-state index in [1.165, 1.54) is 17.0 Å². The highest BCUT2D eigenvalue weighted by molar-refractivity contribution is 6.22. The predicted octanol–water partition coefficient (Wildman–Crippen LogP) is 6.47. The number of Topliss-reactive ketones (excluding diaryl/α,β-unsaturated/α-hetero) is 1. The number of halogens is 2. The maximum atomic E-state index is 15.5. The van der Waals surface area contributed by atoms with E-state index in [9.17, 15) is 19.2 Å². The van der Waals surface area contributed by atoms with Gasteiger partial charge in [-0.05, 0) is 49.2 Å². The van der Waals surface area contributed by atoms with Crippen molar-refractivity contribution in [2.45, 2.75) is 31.2 Å². The fourth-order valence-electron chi connectivity index (χ4n) is 6.65. The van der Waals surface area contributed by atoms with Crippen molar-refractivity contribution in [1.29, 1.82) is 5.26 Å². The van der Waals surface area contributed by atoms with Crippen molar-refractivity contribution in [1.82, 2.24) is 4.57 Å². The van der Waals surface area contributed by atoms with Crippen LogP contribution in [0.5, 0.6) is 0 Å². The van der Waals surface area contributed by atoms with Crippen molar-refractivity contribution in [3.8, 4) is 6.07 Å². The van der Waals surface area contributed by atoms with E-state index in [4.69, 9.17) is 0 Å². The zero-order valence-electron chi connectivity index (χ0n) is 22.4. The average Bonchev–Trinajstić information content (AvgIpc) is 3.61. The standard InChI is InChI=1S/C34H24F2N4O2/c35-25-12-3-1-10-22(25)21-39-27-14-5-2-11-23(27)34(33(39)42)24(20-37)32(38-18-7-8-19-38)40(28-15-6-4-13-26(28)36)29-16-9-17-30(41)31(29)34/h1-8,10-15,18-19H,9,16-17,21H2. The highest BCUT2D eigenvalue weighted by atomic mass is 19.1. The van der Waals surface area contributed by atoms with Crippen LogP contribution in [0.3, 0.4) is 0 Å². The molecule has 8 heteroatoms. The Morgan fingerprint density at radius 3 is 2.19 bits per heavy atom. The first kappa shape index (κ1) is 25.7. The summed E-state index contributed by atoms with van der Waals surface area (Å²) in [5.41, 5.74) is 0.326. The molecule has 2 aliphatic heterocycles. The molecule has 0 fully saturated rings. The number of nitrogens with zero attached hydrogens (tertiary/aromatic N) is 4. The number of para-hydroxylation sites is 2. The van der Waals surface area contributed by atoms with Gasteiger partial charge in [-0.2, -0.15) is 5.26 Å². The molecule has 0 saturated carbocycles. The van der Waals surface area contributed by atoms with Crippen LogP contribution < -0.4 is 9.80 Å². The summed E-state index contributed by atoms with van der Waals surface area (Å²) < 4.78 is 32.1. The third-order valence-electron chi connectivity index (χ3n) is 8.35. The summed E-state index contributed by atoms with van der Waals surface area (Å²) in [4.78, 5) is 32.1. The highest BCUT2D eigenvalue weighted by Gasteiger charge is 2.62. The Hall–Kier alpha value is -5.29. The second-order valence-electron chi connectivity index (χ2n) is 10.5. The molecule has 206 valence electrons. The molecule has 7 rings (SSSR count). The first-order chi connectivity index (χ1) is 20.5. The van der Waals surface area contributed by atoms with Crippen LogP contribution in [0.25, 0.3) is 5.82 Å². The van der Waals surface area contributed by atoms with E-state index < -0.39 is 23.0 Å². The Balaban J connectivity index is 1.58. The number of ketones is 1. The van der Waals surface area contributed by atoms with E-state index in [2.05, 4.69) is 6.07 Å². The largest absolute Gasteiger partial charge is 0.309 e. The average molecular weight is 559 g/mol. The van der Waals surface area contributed by atoms with Gasteiger partial charge in [-0.1, -0.05) is 48.5 Å². The van der Waals surface area contributed by atoms with Gasteiger partial charge in [0.25, 0.3) is 0 Å². The summed E-state index contributed by atoms with van der Waals surface area (Å²) in [6, 6.07) is 25.3. The van der Waals surface area contributed by atoms with Gasteiger partial charge in [-0.15, -0.1) is 0 Å². The molecular weight excluding hydrogens is 534 g/mol. The number of aromatic nitrogens is 1. The molecule has 0 bridgehead atoms. The molecule has 1 amide bonds. The number of anilines is 2. The molecule has 0 N–H and O–H groups in total. The Morgan fingerprint density at radius 2 is 1.48 bits per heavy atom. The molecule has 1 unspecified atom stereocenters. The van der Waals surface area contributed by atoms with Crippen LogP contribution >= 0.6 is 0 Å². The highest BCUT2D eigenvalue weighted by Crippen LogP contribution is 2.58. The van der Waals surface area contributed by atoms with Gasteiger partial charge in [0, 0.05) is 46.9 Å². The van der Waals surface area contributed by atoms with E-state index in [-0.39, 0.29) is 41.4 Å². The number of hydrogen-bond acceptors (Lipinski definition) is 4. The maximum Gasteiger partial charge on any atom is 0.248 e. The predicted molar refractivity (Wildman–Crippen MR) is 154 cm³/mol. The Labute approximate surface area is 241 Å². The number of carbonyl (C=O) groups is 2. The molecule has 42 heavy (non-hydrogen) atoms. The summed E-state index contributed by atoms with van der Waals surface area (Å²) >= 11 is 0.